The Balaban J connectivity index is 1.68. The molecule has 1 heterocycles. The summed E-state index contributed by atoms with van der Waals surface area (Å²) in [6, 6.07) is 19.2. The first kappa shape index (κ1) is 27.7. The van der Waals surface area contributed by atoms with E-state index in [1.165, 1.54) is 19.1 Å². The molecule has 0 aliphatic carbocycles. The van der Waals surface area contributed by atoms with Crippen molar-refractivity contribution in [1.29, 1.82) is 0 Å². The third-order valence-electron chi connectivity index (χ3n) is 6.79. The van der Waals surface area contributed by atoms with Crippen molar-refractivity contribution in [2.24, 2.45) is 0 Å². The molecule has 1 fully saturated rings. The number of aliphatic hydroxyl groups excluding tert-OH is 1. The SMILES string of the molecule is COCCCN1C(=O)C(=O)/C(=C(/O)c2ccc(OCc3ccccc3C)cc2)[C@@H]1c1ccc(OC)c(OC)c1. The molecule has 0 spiro atoms. The van der Waals surface area contributed by atoms with Crippen LogP contribution in [0.1, 0.15) is 34.7 Å². The number of Topliss-reactive ketones (excluding diaryl/α,β-unsaturated/α-hetero) is 1. The highest BCUT2D eigenvalue weighted by atomic mass is 16.5. The minimum absolute atomic E-state index is 0.0122. The highest BCUT2D eigenvalue weighted by molar-refractivity contribution is 6.46. The van der Waals surface area contributed by atoms with Gasteiger partial charge in [-0.1, -0.05) is 30.3 Å². The Morgan fingerprint density at radius 3 is 2.31 bits per heavy atom. The molecule has 0 aromatic heterocycles. The summed E-state index contributed by atoms with van der Waals surface area (Å²) in [6.45, 7) is 3.13. The molecule has 3 aromatic rings. The summed E-state index contributed by atoms with van der Waals surface area (Å²) in [5.41, 5.74) is 3.24. The normalized spacial score (nSPS) is 16.4. The number of carbonyl (C=O) groups excluding carboxylic acids is 2. The van der Waals surface area contributed by atoms with E-state index in [1.54, 1.807) is 49.6 Å². The molecule has 204 valence electrons. The van der Waals surface area contributed by atoms with Crippen LogP contribution in [-0.2, 0) is 20.9 Å². The maximum Gasteiger partial charge on any atom is 0.295 e. The van der Waals surface area contributed by atoms with Crippen molar-refractivity contribution in [2.75, 3.05) is 34.5 Å². The first-order chi connectivity index (χ1) is 18.9. The zero-order chi connectivity index (χ0) is 27.9. The first-order valence-electron chi connectivity index (χ1n) is 12.7. The molecule has 8 heteroatoms. The molecule has 0 radical (unpaired) electrons. The van der Waals surface area contributed by atoms with Gasteiger partial charge in [-0.25, -0.2) is 0 Å². The number of methoxy groups -OCH3 is 3. The van der Waals surface area contributed by atoms with Gasteiger partial charge in [-0.2, -0.15) is 0 Å². The lowest BCUT2D eigenvalue weighted by Crippen LogP contribution is -2.31. The fraction of sp³-hybridized carbons (Fsp3) is 0.290. The smallest absolute Gasteiger partial charge is 0.295 e. The summed E-state index contributed by atoms with van der Waals surface area (Å²) in [6.07, 6.45) is 0.528. The molecular formula is C31H33NO7. The predicted octanol–water partition coefficient (Wildman–Crippen LogP) is 5.05. The second kappa shape index (κ2) is 12.5. The summed E-state index contributed by atoms with van der Waals surface area (Å²) < 4.78 is 21.9. The number of carbonyl (C=O) groups is 2. The van der Waals surface area contributed by atoms with Crippen molar-refractivity contribution in [3.63, 3.8) is 0 Å². The summed E-state index contributed by atoms with van der Waals surface area (Å²) in [7, 11) is 4.62. The predicted molar refractivity (Wildman–Crippen MR) is 147 cm³/mol. The molecule has 39 heavy (non-hydrogen) atoms. The Morgan fingerprint density at radius 2 is 1.64 bits per heavy atom. The lowest BCUT2D eigenvalue weighted by atomic mass is 9.95. The first-order valence-corrected chi connectivity index (χ1v) is 12.7. The number of rotatable bonds is 11. The van der Waals surface area contributed by atoms with Gasteiger partial charge in [-0.15, -0.1) is 0 Å². The van der Waals surface area contributed by atoms with Crippen LogP contribution in [0.5, 0.6) is 17.2 Å². The molecule has 1 amide bonds. The average Bonchev–Trinajstić information content (AvgIpc) is 3.21. The van der Waals surface area contributed by atoms with Crippen LogP contribution in [0.15, 0.2) is 72.3 Å². The number of ketones is 1. The maximum atomic E-state index is 13.3. The molecule has 0 saturated carbocycles. The number of likely N-dealkylation sites (tertiary alicyclic amines) is 1. The highest BCUT2D eigenvalue weighted by Crippen LogP contribution is 2.42. The Kier molecular flexibility index (Phi) is 8.88. The molecule has 1 aliphatic heterocycles. The molecule has 1 atom stereocenters. The monoisotopic (exact) mass is 531 g/mol. The molecule has 1 aliphatic rings. The maximum absolute atomic E-state index is 13.3. The van der Waals surface area contributed by atoms with E-state index in [0.717, 1.165) is 11.1 Å². The fourth-order valence-electron chi connectivity index (χ4n) is 4.66. The third-order valence-corrected chi connectivity index (χ3v) is 6.79. The quantitative estimate of drug-likeness (QED) is 0.160. The summed E-state index contributed by atoms with van der Waals surface area (Å²) in [4.78, 5) is 27.9. The second-order valence-corrected chi connectivity index (χ2v) is 9.19. The standard InChI is InChI=1S/C31H33NO7/c1-20-8-5-6-9-23(20)19-39-24-13-10-21(11-14-24)29(33)27-28(22-12-15-25(37-3)26(18-22)38-4)32(16-7-17-36-2)31(35)30(27)34/h5-6,8-15,18,28,33H,7,16-17,19H2,1-4H3/b29-27+/t28-/m0/s1. The van der Waals surface area contributed by atoms with Gasteiger partial charge in [-0.3, -0.25) is 9.59 Å². The topological polar surface area (TPSA) is 94.5 Å². The van der Waals surface area contributed by atoms with E-state index in [9.17, 15) is 14.7 Å². The minimum Gasteiger partial charge on any atom is -0.507 e. The van der Waals surface area contributed by atoms with Crippen molar-refractivity contribution in [3.05, 3.63) is 94.6 Å². The second-order valence-electron chi connectivity index (χ2n) is 9.19. The van der Waals surface area contributed by atoms with Crippen LogP contribution >= 0.6 is 0 Å². The van der Waals surface area contributed by atoms with E-state index in [0.29, 0.717) is 48.0 Å². The molecule has 3 aromatic carbocycles. The molecule has 0 bridgehead atoms. The van der Waals surface area contributed by atoms with Crippen LogP contribution in [0.4, 0.5) is 0 Å². The number of hydrogen-bond donors (Lipinski definition) is 1. The summed E-state index contributed by atoms with van der Waals surface area (Å²) >= 11 is 0. The van der Waals surface area contributed by atoms with Gasteiger partial charge in [0.05, 0.1) is 25.8 Å². The van der Waals surface area contributed by atoms with Gasteiger partial charge < -0.3 is 29.0 Å². The van der Waals surface area contributed by atoms with Crippen LogP contribution in [0.25, 0.3) is 5.76 Å². The number of aryl methyl sites for hydroxylation is 1. The van der Waals surface area contributed by atoms with Crippen molar-refractivity contribution >= 4 is 17.4 Å². The van der Waals surface area contributed by atoms with E-state index in [2.05, 4.69) is 0 Å². The number of hydrogen-bond acceptors (Lipinski definition) is 7. The molecule has 1 N–H and O–H groups in total. The van der Waals surface area contributed by atoms with E-state index >= 15 is 0 Å². The molecule has 0 unspecified atom stereocenters. The Labute approximate surface area is 228 Å². The zero-order valence-electron chi connectivity index (χ0n) is 22.6. The van der Waals surface area contributed by atoms with Crippen molar-refractivity contribution in [3.8, 4) is 17.2 Å². The van der Waals surface area contributed by atoms with Crippen LogP contribution in [-0.4, -0.2) is 56.2 Å². The van der Waals surface area contributed by atoms with E-state index in [4.69, 9.17) is 18.9 Å². The van der Waals surface area contributed by atoms with E-state index in [1.807, 2.05) is 31.2 Å². The Hall–Kier alpha value is -4.30. The van der Waals surface area contributed by atoms with Crippen molar-refractivity contribution in [2.45, 2.75) is 26.0 Å². The summed E-state index contributed by atoms with van der Waals surface area (Å²) in [5, 5.41) is 11.4. The zero-order valence-corrected chi connectivity index (χ0v) is 22.6. The van der Waals surface area contributed by atoms with Gasteiger partial charge in [-0.05, 0) is 66.4 Å². The van der Waals surface area contributed by atoms with Crippen LogP contribution < -0.4 is 14.2 Å². The van der Waals surface area contributed by atoms with Gasteiger partial charge in [0, 0.05) is 25.8 Å². The van der Waals surface area contributed by atoms with Crippen LogP contribution in [0.3, 0.4) is 0 Å². The Bertz CT molecular complexity index is 1360. The number of aliphatic hydroxyl groups is 1. The number of benzene rings is 3. The van der Waals surface area contributed by atoms with Gasteiger partial charge in [0.2, 0.25) is 0 Å². The van der Waals surface area contributed by atoms with Crippen LogP contribution in [0.2, 0.25) is 0 Å². The van der Waals surface area contributed by atoms with Crippen molar-refractivity contribution in [1.82, 2.24) is 4.90 Å². The van der Waals surface area contributed by atoms with E-state index < -0.39 is 17.7 Å². The highest BCUT2D eigenvalue weighted by Gasteiger charge is 2.46. The van der Waals surface area contributed by atoms with Crippen LogP contribution in [0, 0.1) is 6.92 Å². The van der Waals surface area contributed by atoms with E-state index in [-0.39, 0.29) is 17.9 Å². The average molecular weight is 532 g/mol. The number of nitrogens with zero attached hydrogens (tertiary/aromatic N) is 1. The molecular weight excluding hydrogens is 498 g/mol. The minimum atomic E-state index is -0.807. The molecule has 1 saturated heterocycles. The third kappa shape index (κ3) is 5.91. The van der Waals surface area contributed by atoms with Gasteiger partial charge in [0.25, 0.3) is 11.7 Å². The van der Waals surface area contributed by atoms with Gasteiger partial charge >= 0.3 is 0 Å². The Morgan fingerprint density at radius 1 is 0.923 bits per heavy atom. The lowest BCUT2D eigenvalue weighted by molar-refractivity contribution is -0.140. The van der Waals surface area contributed by atoms with Gasteiger partial charge in [0.1, 0.15) is 18.1 Å². The van der Waals surface area contributed by atoms with Gasteiger partial charge in [0.15, 0.2) is 11.5 Å². The fourth-order valence-corrected chi connectivity index (χ4v) is 4.66. The van der Waals surface area contributed by atoms with Crippen molar-refractivity contribution < 1.29 is 33.6 Å². The molecule has 4 rings (SSSR count). The number of ether oxygens (including phenoxy) is 4. The summed E-state index contributed by atoms with van der Waals surface area (Å²) in [5.74, 6) is -0.0965. The lowest BCUT2D eigenvalue weighted by Gasteiger charge is -2.26. The molecule has 8 nitrogen and oxygen atoms in total. The number of amides is 1. The largest absolute Gasteiger partial charge is 0.507 e.